The number of fused-ring (bicyclic) bond motifs is 1. The lowest BCUT2D eigenvalue weighted by atomic mass is 10.0. The first-order valence-electron chi connectivity index (χ1n) is 10.1. The standard InChI is InChI=1S/C22H24ClN3O3S2/c1-15-17(23)11-12-19-20(15)24-22(30-19)25(14-16-8-4-3-5-9-16)21(27)18-10-6-7-13-26(18)31(2,28)29/h3-5,8-9,11-12,18H,6-7,10,13-14H2,1-2H3. The van der Waals surface area contributed by atoms with Crippen molar-refractivity contribution in [3.63, 3.8) is 0 Å². The minimum absolute atomic E-state index is 0.239. The molecule has 2 heterocycles. The van der Waals surface area contributed by atoms with Crippen LogP contribution in [0.15, 0.2) is 42.5 Å². The molecule has 0 bridgehead atoms. The van der Waals surface area contributed by atoms with Crippen molar-refractivity contribution in [2.75, 3.05) is 17.7 Å². The molecule has 1 aromatic heterocycles. The third kappa shape index (κ3) is 4.62. The number of rotatable bonds is 5. The van der Waals surface area contributed by atoms with Crippen LogP contribution in [0.3, 0.4) is 0 Å². The SMILES string of the molecule is Cc1c(Cl)ccc2sc(N(Cc3ccccc3)C(=O)C3CCCCN3S(C)(=O)=O)nc12. The third-order valence-electron chi connectivity index (χ3n) is 5.58. The first kappa shape index (κ1) is 22.2. The Labute approximate surface area is 191 Å². The van der Waals surface area contributed by atoms with E-state index in [1.807, 2.05) is 49.4 Å². The fourth-order valence-corrected chi connectivity index (χ4v) is 6.24. The molecule has 0 spiro atoms. The zero-order valence-corrected chi connectivity index (χ0v) is 19.8. The smallest absolute Gasteiger partial charge is 0.247 e. The first-order chi connectivity index (χ1) is 14.8. The molecule has 6 nitrogen and oxygen atoms in total. The molecule has 1 atom stereocenters. The number of aryl methyl sites for hydroxylation is 1. The van der Waals surface area contributed by atoms with Crippen molar-refractivity contribution in [2.24, 2.45) is 0 Å². The van der Waals surface area contributed by atoms with Gasteiger partial charge in [-0.3, -0.25) is 9.69 Å². The van der Waals surface area contributed by atoms with Crippen LogP contribution in [0.5, 0.6) is 0 Å². The summed E-state index contributed by atoms with van der Waals surface area (Å²) in [6.07, 6.45) is 3.25. The molecule has 1 aliphatic rings. The summed E-state index contributed by atoms with van der Waals surface area (Å²) in [6, 6.07) is 12.7. The highest BCUT2D eigenvalue weighted by molar-refractivity contribution is 7.88. The van der Waals surface area contributed by atoms with Gasteiger partial charge in [-0.1, -0.05) is 59.7 Å². The largest absolute Gasteiger partial charge is 0.282 e. The van der Waals surface area contributed by atoms with Crippen LogP contribution in [0.4, 0.5) is 5.13 Å². The minimum Gasteiger partial charge on any atom is -0.282 e. The Balaban J connectivity index is 1.77. The highest BCUT2D eigenvalue weighted by Crippen LogP contribution is 2.35. The fourth-order valence-electron chi connectivity index (χ4n) is 3.94. The molecule has 0 saturated carbocycles. The van der Waals surface area contributed by atoms with E-state index in [0.717, 1.165) is 34.2 Å². The zero-order chi connectivity index (χ0) is 22.2. The number of carbonyl (C=O) groups excluding carboxylic acids is 1. The molecule has 1 amide bonds. The predicted molar refractivity (Wildman–Crippen MR) is 126 cm³/mol. The highest BCUT2D eigenvalue weighted by Gasteiger charge is 2.38. The van der Waals surface area contributed by atoms with Gasteiger partial charge in [0.1, 0.15) is 6.04 Å². The minimum atomic E-state index is -3.49. The Morgan fingerprint density at radius 1 is 1.23 bits per heavy atom. The number of thiazole rings is 1. The molecule has 1 fully saturated rings. The van der Waals surface area contributed by atoms with Gasteiger partial charge < -0.3 is 0 Å². The van der Waals surface area contributed by atoms with Gasteiger partial charge in [-0.15, -0.1) is 0 Å². The Morgan fingerprint density at radius 2 is 1.97 bits per heavy atom. The molecule has 31 heavy (non-hydrogen) atoms. The molecule has 0 N–H and O–H groups in total. The summed E-state index contributed by atoms with van der Waals surface area (Å²) in [5.41, 5.74) is 2.58. The third-order valence-corrected chi connectivity index (χ3v) is 8.32. The van der Waals surface area contributed by atoms with Gasteiger partial charge in [-0.05, 0) is 43.0 Å². The maximum Gasteiger partial charge on any atom is 0.247 e. The zero-order valence-electron chi connectivity index (χ0n) is 17.4. The molecule has 0 aliphatic carbocycles. The van der Waals surface area contributed by atoms with Gasteiger partial charge >= 0.3 is 0 Å². The summed E-state index contributed by atoms with van der Waals surface area (Å²) in [7, 11) is -3.49. The maximum atomic E-state index is 13.7. The van der Waals surface area contributed by atoms with Crippen LogP contribution in [-0.4, -0.2) is 42.5 Å². The normalized spacial score (nSPS) is 17.7. The van der Waals surface area contributed by atoms with E-state index in [0.29, 0.717) is 29.7 Å². The molecule has 9 heteroatoms. The summed E-state index contributed by atoms with van der Waals surface area (Å²) in [4.78, 5) is 20.1. The molecule has 164 valence electrons. The number of carbonyl (C=O) groups is 1. The topological polar surface area (TPSA) is 70.6 Å². The number of sulfonamides is 1. The van der Waals surface area contributed by atoms with E-state index in [-0.39, 0.29) is 5.91 Å². The van der Waals surface area contributed by atoms with Crippen LogP contribution >= 0.6 is 22.9 Å². The lowest BCUT2D eigenvalue weighted by Gasteiger charge is -2.35. The lowest BCUT2D eigenvalue weighted by Crippen LogP contribution is -2.52. The van der Waals surface area contributed by atoms with Gasteiger partial charge in [-0.25, -0.2) is 13.4 Å². The average molecular weight is 478 g/mol. The van der Waals surface area contributed by atoms with Crippen molar-refractivity contribution in [3.8, 4) is 0 Å². The summed E-state index contributed by atoms with van der Waals surface area (Å²) in [5, 5.41) is 1.18. The second-order valence-electron chi connectivity index (χ2n) is 7.81. The van der Waals surface area contributed by atoms with Gasteiger partial charge in [0.25, 0.3) is 0 Å². The average Bonchev–Trinajstić information content (AvgIpc) is 3.19. The van der Waals surface area contributed by atoms with Gasteiger partial charge in [0.05, 0.1) is 23.0 Å². The number of benzene rings is 2. The van der Waals surface area contributed by atoms with Crippen LogP contribution in [0.25, 0.3) is 10.2 Å². The van der Waals surface area contributed by atoms with E-state index in [1.165, 1.54) is 21.9 Å². The van der Waals surface area contributed by atoms with E-state index < -0.39 is 16.1 Å². The molecule has 2 aromatic carbocycles. The van der Waals surface area contributed by atoms with Gasteiger partial charge in [0.15, 0.2) is 5.13 Å². The number of amides is 1. The summed E-state index contributed by atoms with van der Waals surface area (Å²) in [6.45, 7) is 2.59. The Hall–Kier alpha value is -2.00. The second-order valence-corrected chi connectivity index (χ2v) is 11.2. The van der Waals surface area contributed by atoms with E-state index in [9.17, 15) is 13.2 Å². The van der Waals surface area contributed by atoms with Crippen LogP contribution in [0, 0.1) is 6.92 Å². The quantitative estimate of drug-likeness (QED) is 0.538. The van der Waals surface area contributed by atoms with Crippen molar-refractivity contribution in [2.45, 2.75) is 38.8 Å². The summed E-state index contributed by atoms with van der Waals surface area (Å²) in [5.74, 6) is -0.239. The molecule has 0 radical (unpaired) electrons. The van der Waals surface area contributed by atoms with Crippen molar-refractivity contribution < 1.29 is 13.2 Å². The van der Waals surface area contributed by atoms with Crippen LogP contribution in [-0.2, 0) is 21.4 Å². The number of anilines is 1. The molecule has 1 unspecified atom stereocenters. The van der Waals surface area contributed by atoms with Gasteiger partial charge in [0.2, 0.25) is 15.9 Å². The van der Waals surface area contributed by atoms with E-state index >= 15 is 0 Å². The molecular weight excluding hydrogens is 454 g/mol. The summed E-state index contributed by atoms with van der Waals surface area (Å²) < 4.78 is 27.0. The maximum absolute atomic E-state index is 13.7. The van der Waals surface area contributed by atoms with E-state index in [1.54, 1.807) is 4.90 Å². The molecule has 3 aromatic rings. The fraction of sp³-hybridized carbons (Fsp3) is 0.364. The lowest BCUT2D eigenvalue weighted by molar-refractivity contribution is -0.123. The Kier molecular flexibility index (Phi) is 6.35. The van der Waals surface area contributed by atoms with E-state index in [4.69, 9.17) is 16.6 Å². The number of nitrogens with zero attached hydrogens (tertiary/aromatic N) is 3. The molecule has 4 rings (SSSR count). The molecule has 1 saturated heterocycles. The number of hydrogen-bond acceptors (Lipinski definition) is 5. The van der Waals surface area contributed by atoms with Crippen molar-refractivity contribution in [1.29, 1.82) is 0 Å². The van der Waals surface area contributed by atoms with Gasteiger partial charge in [0, 0.05) is 11.6 Å². The monoisotopic (exact) mass is 477 g/mol. The van der Waals surface area contributed by atoms with Crippen molar-refractivity contribution >= 4 is 54.2 Å². The number of piperidine rings is 1. The highest BCUT2D eigenvalue weighted by atomic mass is 35.5. The van der Waals surface area contributed by atoms with Crippen LogP contribution in [0.2, 0.25) is 5.02 Å². The second kappa shape index (κ2) is 8.86. The number of hydrogen-bond donors (Lipinski definition) is 0. The number of halogens is 1. The Morgan fingerprint density at radius 3 is 2.68 bits per heavy atom. The predicted octanol–water partition coefficient (Wildman–Crippen LogP) is 4.61. The van der Waals surface area contributed by atoms with Crippen LogP contribution in [0.1, 0.15) is 30.4 Å². The summed E-state index contributed by atoms with van der Waals surface area (Å²) >= 11 is 7.69. The van der Waals surface area contributed by atoms with Crippen molar-refractivity contribution in [3.05, 3.63) is 58.6 Å². The first-order valence-corrected chi connectivity index (χ1v) is 13.2. The number of aromatic nitrogens is 1. The van der Waals surface area contributed by atoms with Crippen molar-refractivity contribution in [1.82, 2.24) is 9.29 Å². The molecular formula is C22H24ClN3O3S2. The van der Waals surface area contributed by atoms with Gasteiger partial charge in [-0.2, -0.15) is 4.31 Å². The Bertz CT molecular complexity index is 1210. The van der Waals surface area contributed by atoms with E-state index in [2.05, 4.69) is 0 Å². The van der Waals surface area contributed by atoms with Crippen LogP contribution < -0.4 is 4.90 Å². The molecule has 1 aliphatic heterocycles.